The van der Waals surface area contributed by atoms with Gasteiger partial charge in [-0.25, -0.2) is 12.8 Å². The van der Waals surface area contributed by atoms with Gasteiger partial charge in [0.15, 0.2) is 5.82 Å². The molecule has 0 aliphatic carbocycles. The highest BCUT2D eigenvalue weighted by atomic mass is 32.2. The number of ether oxygens (including phenoxy) is 1. The van der Waals surface area contributed by atoms with E-state index >= 15 is 0 Å². The van der Waals surface area contributed by atoms with E-state index in [1.165, 1.54) is 12.1 Å². The quantitative estimate of drug-likeness (QED) is 0.329. The van der Waals surface area contributed by atoms with Crippen LogP contribution in [0.25, 0.3) is 11.3 Å². The van der Waals surface area contributed by atoms with Crippen LogP contribution in [0.1, 0.15) is 12.5 Å². The summed E-state index contributed by atoms with van der Waals surface area (Å²) in [5.74, 6) is 0.524. The summed E-state index contributed by atoms with van der Waals surface area (Å²) in [6.45, 7) is 1.69. The van der Waals surface area contributed by atoms with E-state index in [9.17, 15) is 12.8 Å². The largest absolute Gasteiger partial charge is 0.487 e. The highest BCUT2D eigenvalue weighted by Crippen LogP contribution is 2.32. The summed E-state index contributed by atoms with van der Waals surface area (Å²) in [5.41, 5.74) is 3.31. The Balaban J connectivity index is 1.59. The van der Waals surface area contributed by atoms with Crippen molar-refractivity contribution >= 4 is 27.2 Å². The van der Waals surface area contributed by atoms with E-state index < -0.39 is 10.0 Å². The minimum Gasteiger partial charge on any atom is -0.487 e. The van der Waals surface area contributed by atoms with Gasteiger partial charge in [-0.3, -0.25) is 14.8 Å². The van der Waals surface area contributed by atoms with Crippen LogP contribution in [0.3, 0.4) is 0 Å². The van der Waals surface area contributed by atoms with Crippen molar-refractivity contribution in [1.82, 2.24) is 15.2 Å². The molecule has 0 unspecified atom stereocenters. The van der Waals surface area contributed by atoms with Gasteiger partial charge in [0, 0.05) is 17.8 Å². The van der Waals surface area contributed by atoms with Crippen molar-refractivity contribution < 1.29 is 17.5 Å². The van der Waals surface area contributed by atoms with E-state index in [1.54, 1.807) is 49.6 Å². The fourth-order valence-corrected chi connectivity index (χ4v) is 3.64. The standard InChI is InChI=1S/C23H22FN5O3S/c1-2-33(30,31)29-20-10-7-17(12-22(20)32-15-16-5-8-18(24)9-6-16)21-13-23(28-27-21)26-19-4-3-11-25-14-19/h3-14,29H,2,15H2,1H3,(H2,26,27,28). The number of benzene rings is 2. The topological polar surface area (TPSA) is 109 Å². The summed E-state index contributed by atoms with van der Waals surface area (Å²) in [4.78, 5) is 4.06. The average molecular weight is 468 g/mol. The molecule has 2 aromatic carbocycles. The van der Waals surface area contributed by atoms with E-state index in [1.807, 2.05) is 18.2 Å². The maximum atomic E-state index is 13.2. The Hall–Kier alpha value is -3.92. The molecule has 4 rings (SSSR count). The molecule has 4 aromatic rings. The summed E-state index contributed by atoms with van der Waals surface area (Å²) in [6.07, 6.45) is 3.37. The molecule has 2 heterocycles. The van der Waals surface area contributed by atoms with Gasteiger partial charge in [0.1, 0.15) is 18.2 Å². The molecule has 10 heteroatoms. The molecule has 0 bridgehead atoms. The van der Waals surface area contributed by atoms with Crippen molar-refractivity contribution in [2.75, 3.05) is 15.8 Å². The zero-order valence-corrected chi connectivity index (χ0v) is 18.6. The zero-order valence-electron chi connectivity index (χ0n) is 17.7. The molecule has 0 radical (unpaired) electrons. The van der Waals surface area contributed by atoms with Gasteiger partial charge in [-0.15, -0.1) is 0 Å². The lowest BCUT2D eigenvalue weighted by Crippen LogP contribution is -2.15. The molecule has 0 atom stereocenters. The molecule has 8 nitrogen and oxygen atoms in total. The van der Waals surface area contributed by atoms with E-state index in [2.05, 4.69) is 25.2 Å². The average Bonchev–Trinajstić information content (AvgIpc) is 3.28. The monoisotopic (exact) mass is 467 g/mol. The maximum Gasteiger partial charge on any atom is 0.232 e. The van der Waals surface area contributed by atoms with Gasteiger partial charge in [-0.05, 0) is 48.9 Å². The number of H-pyrrole nitrogens is 1. The predicted octanol–water partition coefficient (Wildman–Crippen LogP) is 4.70. The van der Waals surface area contributed by atoms with Gasteiger partial charge in [0.25, 0.3) is 0 Å². The lowest BCUT2D eigenvalue weighted by molar-refractivity contribution is 0.308. The van der Waals surface area contributed by atoms with Gasteiger partial charge >= 0.3 is 0 Å². The van der Waals surface area contributed by atoms with Crippen LogP contribution in [0.5, 0.6) is 5.75 Å². The predicted molar refractivity (Wildman–Crippen MR) is 125 cm³/mol. The number of hydrogen-bond acceptors (Lipinski definition) is 6. The molecule has 0 fully saturated rings. The Labute approximate surface area is 190 Å². The molecule has 0 saturated carbocycles. The summed E-state index contributed by atoms with van der Waals surface area (Å²) in [6, 6.07) is 16.5. The number of nitrogens with zero attached hydrogens (tertiary/aromatic N) is 2. The highest BCUT2D eigenvalue weighted by molar-refractivity contribution is 7.92. The molecular formula is C23H22FN5O3S. The second-order valence-corrected chi connectivity index (χ2v) is 9.18. The summed E-state index contributed by atoms with van der Waals surface area (Å²) in [7, 11) is -3.51. The Morgan fingerprint density at radius 1 is 1.09 bits per heavy atom. The van der Waals surface area contributed by atoms with E-state index in [4.69, 9.17) is 4.74 Å². The Kier molecular flexibility index (Phi) is 6.55. The second kappa shape index (κ2) is 9.70. The highest BCUT2D eigenvalue weighted by Gasteiger charge is 2.14. The number of anilines is 3. The van der Waals surface area contributed by atoms with Crippen molar-refractivity contribution in [3.8, 4) is 17.0 Å². The van der Waals surface area contributed by atoms with Crippen molar-refractivity contribution in [1.29, 1.82) is 0 Å². The van der Waals surface area contributed by atoms with Crippen LogP contribution in [-0.4, -0.2) is 29.4 Å². The van der Waals surface area contributed by atoms with Gasteiger partial charge in [-0.2, -0.15) is 5.10 Å². The molecular weight excluding hydrogens is 445 g/mol. The number of aromatic amines is 1. The molecule has 0 saturated heterocycles. The third kappa shape index (κ3) is 5.86. The van der Waals surface area contributed by atoms with Crippen LogP contribution in [0.15, 0.2) is 73.1 Å². The van der Waals surface area contributed by atoms with Gasteiger partial charge in [0.05, 0.1) is 29.0 Å². The van der Waals surface area contributed by atoms with Crippen LogP contribution >= 0.6 is 0 Å². The molecule has 0 aliphatic rings. The number of pyridine rings is 1. The van der Waals surface area contributed by atoms with Crippen molar-refractivity contribution in [3.05, 3.63) is 84.4 Å². The van der Waals surface area contributed by atoms with Gasteiger partial charge in [-0.1, -0.05) is 18.2 Å². The number of nitrogens with one attached hydrogen (secondary N) is 3. The number of sulfonamides is 1. The first-order valence-electron chi connectivity index (χ1n) is 10.2. The normalized spacial score (nSPS) is 11.2. The smallest absolute Gasteiger partial charge is 0.232 e. The molecule has 33 heavy (non-hydrogen) atoms. The zero-order chi connectivity index (χ0) is 23.3. The molecule has 0 spiro atoms. The van der Waals surface area contributed by atoms with Gasteiger partial charge in [0.2, 0.25) is 10.0 Å². The van der Waals surface area contributed by atoms with Crippen LogP contribution < -0.4 is 14.8 Å². The summed E-state index contributed by atoms with van der Waals surface area (Å²) < 4.78 is 45.9. The van der Waals surface area contributed by atoms with Crippen LogP contribution in [0.4, 0.5) is 21.6 Å². The molecule has 3 N–H and O–H groups in total. The number of halogens is 1. The fraction of sp³-hybridized carbons (Fsp3) is 0.130. The SMILES string of the molecule is CCS(=O)(=O)Nc1ccc(-c2cc(Nc3cccnc3)n[nH]2)cc1OCc1ccc(F)cc1. The second-order valence-electron chi connectivity index (χ2n) is 7.17. The lowest BCUT2D eigenvalue weighted by Gasteiger charge is -2.14. The first kappa shape index (κ1) is 22.3. The van der Waals surface area contributed by atoms with Crippen molar-refractivity contribution in [3.63, 3.8) is 0 Å². The number of hydrogen-bond donors (Lipinski definition) is 3. The third-order valence-corrected chi connectivity index (χ3v) is 6.05. The minimum atomic E-state index is -3.51. The Morgan fingerprint density at radius 2 is 1.91 bits per heavy atom. The number of aromatic nitrogens is 3. The third-order valence-electron chi connectivity index (χ3n) is 4.76. The maximum absolute atomic E-state index is 13.2. The molecule has 170 valence electrons. The fourth-order valence-electron chi connectivity index (χ4n) is 2.99. The molecule has 0 aliphatic heterocycles. The summed E-state index contributed by atoms with van der Waals surface area (Å²) >= 11 is 0. The molecule has 0 amide bonds. The van der Waals surface area contributed by atoms with E-state index in [0.29, 0.717) is 22.9 Å². The lowest BCUT2D eigenvalue weighted by atomic mass is 10.1. The Bertz CT molecular complexity index is 1330. The van der Waals surface area contributed by atoms with Crippen molar-refractivity contribution in [2.24, 2.45) is 0 Å². The van der Waals surface area contributed by atoms with E-state index in [-0.39, 0.29) is 18.2 Å². The minimum absolute atomic E-state index is 0.0733. The van der Waals surface area contributed by atoms with Crippen molar-refractivity contribution in [2.45, 2.75) is 13.5 Å². The number of rotatable bonds is 9. The van der Waals surface area contributed by atoms with Crippen LogP contribution in [0.2, 0.25) is 0 Å². The first-order chi connectivity index (χ1) is 15.9. The first-order valence-corrected chi connectivity index (χ1v) is 11.8. The Morgan fingerprint density at radius 3 is 2.64 bits per heavy atom. The summed E-state index contributed by atoms with van der Waals surface area (Å²) in [5, 5.41) is 10.4. The van der Waals surface area contributed by atoms with Crippen LogP contribution in [-0.2, 0) is 16.6 Å². The van der Waals surface area contributed by atoms with Gasteiger partial charge < -0.3 is 10.1 Å². The molecule has 2 aromatic heterocycles. The van der Waals surface area contributed by atoms with E-state index in [0.717, 1.165) is 16.8 Å². The van der Waals surface area contributed by atoms with Crippen LogP contribution in [0, 0.1) is 5.82 Å².